The first-order chi connectivity index (χ1) is 10.7. The van der Waals surface area contributed by atoms with E-state index in [4.69, 9.17) is 27.9 Å². The van der Waals surface area contributed by atoms with Crippen LogP contribution in [0, 0.1) is 0 Å². The predicted molar refractivity (Wildman–Crippen MR) is 93.6 cm³/mol. The number of esters is 1. The number of halogens is 2. The summed E-state index contributed by atoms with van der Waals surface area (Å²) in [4.78, 5) is 11.9. The molecule has 1 aromatic carbocycles. The number of carbonyl (C=O) groups is 1. The smallest absolute Gasteiger partial charge is 0.339 e. The standard InChI is InChI=1S/C15H21Cl2NO5S/c1-14(2,3)23-13(19)15(4,20)9-18-24(21,22)8-10-11(16)6-5-7-12(10)17/h5-7,18,20H,8-9H2,1-4H3/t15-/m0/s1. The minimum Gasteiger partial charge on any atom is -0.458 e. The van der Waals surface area contributed by atoms with E-state index in [0.717, 1.165) is 0 Å². The van der Waals surface area contributed by atoms with Gasteiger partial charge in [-0.1, -0.05) is 29.3 Å². The maximum Gasteiger partial charge on any atom is 0.339 e. The summed E-state index contributed by atoms with van der Waals surface area (Å²) in [7, 11) is -3.88. The van der Waals surface area contributed by atoms with Crippen LogP contribution in [0.15, 0.2) is 18.2 Å². The molecule has 1 atom stereocenters. The summed E-state index contributed by atoms with van der Waals surface area (Å²) >= 11 is 11.9. The van der Waals surface area contributed by atoms with Crippen LogP contribution in [-0.2, 0) is 25.3 Å². The van der Waals surface area contributed by atoms with Crippen molar-refractivity contribution in [2.45, 2.75) is 44.6 Å². The maximum absolute atomic E-state index is 12.2. The quantitative estimate of drug-likeness (QED) is 0.719. The third-order valence-electron chi connectivity index (χ3n) is 2.87. The molecule has 0 saturated carbocycles. The highest BCUT2D eigenvalue weighted by Crippen LogP contribution is 2.26. The van der Waals surface area contributed by atoms with E-state index in [2.05, 4.69) is 4.72 Å². The Balaban J connectivity index is 2.79. The molecular formula is C15H21Cl2NO5S. The Morgan fingerprint density at radius 2 is 1.71 bits per heavy atom. The van der Waals surface area contributed by atoms with E-state index in [0.29, 0.717) is 0 Å². The first-order valence-electron chi connectivity index (χ1n) is 7.09. The third kappa shape index (κ3) is 6.57. The molecular weight excluding hydrogens is 377 g/mol. The molecule has 0 aliphatic carbocycles. The van der Waals surface area contributed by atoms with Crippen molar-refractivity contribution in [3.05, 3.63) is 33.8 Å². The lowest BCUT2D eigenvalue weighted by Gasteiger charge is -2.27. The van der Waals surface area contributed by atoms with Crippen LogP contribution in [0.4, 0.5) is 0 Å². The Hall–Kier alpha value is -0.860. The van der Waals surface area contributed by atoms with Gasteiger partial charge >= 0.3 is 5.97 Å². The van der Waals surface area contributed by atoms with E-state index in [9.17, 15) is 18.3 Å². The summed E-state index contributed by atoms with van der Waals surface area (Å²) in [6.45, 7) is 5.57. The first kappa shape index (κ1) is 21.2. The SMILES string of the molecule is CC(C)(C)OC(=O)[C@@](C)(O)CNS(=O)(=O)Cc1c(Cl)cccc1Cl. The highest BCUT2D eigenvalue weighted by Gasteiger charge is 2.36. The zero-order valence-corrected chi connectivity index (χ0v) is 16.2. The molecule has 2 N–H and O–H groups in total. The van der Waals surface area contributed by atoms with Gasteiger partial charge in [-0.2, -0.15) is 0 Å². The van der Waals surface area contributed by atoms with Gasteiger partial charge < -0.3 is 9.84 Å². The van der Waals surface area contributed by atoms with Gasteiger partial charge in [-0.05, 0) is 39.8 Å². The molecule has 24 heavy (non-hydrogen) atoms. The minimum atomic E-state index is -3.88. The van der Waals surface area contributed by atoms with E-state index >= 15 is 0 Å². The van der Waals surface area contributed by atoms with Gasteiger partial charge in [0.15, 0.2) is 5.60 Å². The number of sulfonamides is 1. The van der Waals surface area contributed by atoms with Gasteiger partial charge in [0.25, 0.3) is 0 Å². The molecule has 6 nitrogen and oxygen atoms in total. The fourth-order valence-electron chi connectivity index (χ4n) is 1.62. The molecule has 1 aromatic rings. The summed E-state index contributed by atoms with van der Waals surface area (Å²) < 4.78 is 31.6. The molecule has 0 bridgehead atoms. The molecule has 136 valence electrons. The molecule has 0 aliphatic rings. The van der Waals surface area contributed by atoms with Crippen LogP contribution in [0.25, 0.3) is 0 Å². The lowest BCUT2D eigenvalue weighted by Crippen LogP contribution is -2.49. The monoisotopic (exact) mass is 397 g/mol. The lowest BCUT2D eigenvalue weighted by molar-refractivity contribution is -0.174. The zero-order valence-electron chi connectivity index (χ0n) is 13.9. The highest BCUT2D eigenvalue weighted by atomic mass is 35.5. The Bertz CT molecular complexity index is 691. The van der Waals surface area contributed by atoms with E-state index in [1.54, 1.807) is 26.8 Å². The average molecular weight is 398 g/mol. The fraction of sp³-hybridized carbons (Fsp3) is 0.533. The van der Waals surface area contributed by atoms with Crippen LogP contribution < -0.4 is 4.72 Å². The molecule has 0 spiro atoms. The average Bonchev–Trinajstić information content (AvgIpc) is 2.39. The number of ether oxygens (including phenoxy) is 1. The summed E-state index contributed by atoms with van der Waals surface area (Å²) in [6.07, 6.45) is 0. The van der Waals surface area contributed by atoms with Gasteiger partial charge in [0.05, 0.1) is 5.75 Å². The molecule has 0 unspecified atom stereocenters. The molecule has 0 saturated heterocycles. The van der Waals surface area contributed by atoms with E-state index in [-0.39, 0.29) is 15.6 Å². The number of benzene rings is 1. The number of rotatable bonds is 6. The van der Waals surface area contributed by atoms with E-state index < -0.39 is 39.5 Å². The molecule has 0 fully saturated rings. The Morgan fingerprint density at radius 3 is 2.17 bits per heavy atom. The second-order valence-corrected chi connectivity index (χ2v) is 9.18. The van der Waals surface area contributed by atoms with Crippen molar-refractivity contribution in [2.24, 2.45) is 0 Å². The van der Waals surface area contributed by atoms with Crippen LogP contribution in [0.2, 0.25) is 10.0 Å². The third-order valence-corrected chi connectivity index (χ3v) is 4.83. The largest absolute Gasteiger partial charge is 0.458 e. The van der Waals surface area contributed by atoms with Gasteiger partial charge in [0, 0.05) is 22.2 Å². The molecule has 0 heterocycles. The summed E-state index contributed by atoms with van der Waals surface area (Å²) in [5, 5.41) is 10.6. The Kier molecular flexibility index (Phi) is 6.69. The second-order valence-electron chi connectivity index (χ2n) is 6.56. The fourth-order valence-corrected chi connectivity index (χ4v) is 3.61. The van der Waals surface area contributed by atoms with Crippen molar-refractivity contribution in [1.82, 2.24) is 4.72 Å². The topological polar surface area (TPSA) is 92.7 Å². The van der Waals surface area contributed by atoms with Gasteiger partial charge in [-0.25, -0.2) is 17.9 Å². The number of nitrogens with one attached hydrogen (secondary N) is 1. The molecule has 0 aromatic heterocycles. The minimum absolute atomic E-state index is 0.215. The van der Waals surface area contributed by atoms with Crippen molar-refractivity contribution in [2.75, 3.05) is 6.54 Å². The van der Waals surface area contributed by atoms with Gasteiger partial charge in [0.2, 0.25) is 10.0 Å². The molecule has 9 heteroatoms. The van der Waals surface area contributed by atoms with Crippen molar-refractivity contribution >= 4 is 39.2 Å². The zero-order chi connectivity index (χ0) is 18.8. The molecule has 0 radical (unpaired) electrons. The Morgan fingerprint density at radius 1 is 1.21 bits per heavy atom. The van der Waals surface area contributed by atoms with Crippen molar-refractivity contribution < 1.29 is 23.1 Å². The van der Waals surface area contributed by atoms with Crippen LogP contribution in [-0.4, -0.2) is 37.2 Å². The normalized spacial score (nSPS) is 15.0. The number of aliphatic hydroxyl groups is 1. The summed E-state index contributed by atoms with van der Waals surface area (Å²) in [5.41, 5.74) is -2.57. The van der Waals surface area contributed by atoms with E-state index in [1.165, 1.54) is 19.1 Å². The van der Waals surface area contributed by atoms with Gasteiger partial charge in [0.1, 0.15) is 5.60 Å². The van der Waals surface area contributed by atoms with Crippen molar-refractivity contribution in [1.29, 1.82) is 0 Å². The highest BCUT2D eigenvalue weighted by molar-refractivity contribution is 7.88. The molecule has 0 amide bonds. The van der Waals surface area contributed by atoms with Crippen molar-refractivity contribution in [3.63, 3.8) is 0 Å². The lowest BCUT2D eigenvalue weighted by atomic mass is 10.1. The maximum atomic E-state index is 12.2. The summed E-state index contributed by atoms with van der Waals surface area (Å²) in [6, 6.07) is 4.64. The van der Waals surface area contributed by atoms with Crippen LogP contribution in [0.5, 0.6) is 0 Å². The van der Waals surface area contributed by atoms with Gasteiger partial charge in [-0.15, -0.1) is 0 Å². The van der Waals surface area contributed by atoms with Crippen LogP contribution >= 0.6 is 23.2 Å². The van der Waals surface area contributed by atoms with Gasteiger partial charge in [-0.3, -0.25) is 0 Å². The predicted octanol–water partition coefficient (Wildman–Crippen LogP) is 2.51. The second kappa shape index (κ2) is 7.58. The first-order valence-corrected chi connectivity index (χ1v) is 9.50. The number of hydrogen-bond donors (Lipinski definition) is 2. The van der Waals surface area contributed by atoms with E-state index in [1.807, 2.05) is 0 Å². The van der Waals surface area contributed by atoms with Crippen LogP contribution in [0.3, 0.4) is 0 Å². The number of carbonyl (C=O) groups excluding carboxylic acids is 1. The Labute approximate surface area is 152 Å². The van der Waals surface area contributed by atoms with Crippen LogP contribution in [0.1, 0.15) is 33.3 Å². The van der Waals surface area contributed by atoms with Crippen molar-refractivity contribution in [3.8, 4) is 0 Å². The summed E-state index contributed by atoms with van der Waals surface area (Å²) in [5.74, 6) is -1.40. The number of hydrogen-bond acceptors (Lipinski definition) is 5. The molecule has 0 aliphatic heterocycles. The molecule has 1 rings (SSSR count).